The van der Waals surface area contributed by atoms with E-state index in [4.69, 9.17) is 23.2 Å². The van der Waals surface area contributed by atoms with Crippen molar-refractivity contribution >= 4 is 39.2 Å². The second kappa shape index (κ2) is 10.9. The first-order valence-corrected chi connectivity index (χ1v) is 11.6. The molecule has 2 atom stereocenters. The summed E-state index contributed by atoms with van der Waals surface area (Å²) in [5.41, 5.74) is 0. The average molecular weight is 501 g/mol. The van der Waals surface area contributed by atoms with Crippen LogP contribution in [0.25, 0.3) is 0 Å². The van der Waals surface area contributed by atoms with Crippen LogP contribution in [0.15, 0.2) is 0 Å². The zero-order valence-corrected chi connectivity index (χ0v) is 21.4. The molecule has 23 heavy (non-hydrogen) atoms. The Kier molecular flexibility index (Phi) is 14.0. The third kappa shape index (κ3) is 11.2. The van der Waals surface area contributed by atoms with E-state index in [0.717, 1.165) is 0 Å². The molecule has 0 amide bonds. The minimum atomic E-state index is -1.61. The van der Waals surface area contributed by atoms with Crippen molar-refractivity contribution in [1.29, 1.82) is 0 Å². The molecule has 0 aromatic carbocycles. The molecule has 0 saturated heterocycles. The van der Waals surface area contributed by atoms with Gasteiger partial charge in [0.05, 0.1) is 18.8 Å². The summed E-state index contributed by atoms with van der Waals surface area (Å²) in [6.07, 6.45) is 0. The van der Waals surface area contributed by atoms with Gasteiger partial charge in [-0.05, 0) is 34.6 Å². The van der Waals surface area contributed by atoms with Crippen LogP contribution in [0, 0.1) is 0 Å². The van der Waals surface area contributed by atoms with Gasteiger partial charge in [-0.15, -0.1) is 23.2 Å². The first-order valence-electron chi connectivity index (χ1n) is 7.67. The average Bonchev–Trinajstić information content (AvgIpc) is 2.35. The largest absolute Gasteiger partial charge is 0.326 e. The van der Waals surface area contributed by atoms with Crippen LogP contribution in [0.1, 0.15) is 69.2 Å². The van der Waals surface area contributed by atoms with Crippen molar-refractivity contribution in [2.24, 2.45) is 0 Å². The fourth-order valence-corrected chi connectivity index (χ4v) is 7.21. The van der Waals surface area contributed by atoms with Crippen LogP contribution >= 0.6 is 39.2 Å². The molecule has 0 saturated carbocycles. The predicted octanol–water partition coefficient (Wildman–Crippen LogP) is 6.28. The molecular formula is C16H37Cl2O2P2Pd+. The van der Waals surface area contributed by atoms with Crippen molar-refractivity contribution in [1.82, 2.24) is 0 Å². The van der Waals surface area contributed by atoms with Crippen LogP contribution in [0.5, 0.6) is 0 Å². The molecule has 0 aliphatic carbocycles. The number of alkyl halides is 2. The molecule has 0 radical (unpaired) electrons. The SMILES string of the molecule is CC(C)(C)[PH+](O)C(C)(C)CCl.CC(C)(C)[PH](=O)C(C)(C)CCl.[Pd]. The van der Waals surface area contributed by atoms with Crippen molar-refractivity contribution in [2.45, 2.75) is 89.9 Å². The van der Waals surface area contributed by atoms with E-state index in [1.165, 1.54) is 0 Å². The van der Waals surface area contributed by atoms with Gasteiger partial charge in [0.15, 0.2) is 0 Å². The van der Waals surface area contributed by atoms with E-state index in [0.29, 0.717) is 11.8 Å². The minimum Gasteiger partial charge on any atom is -0.326 e. The molecule has 1 N–H and O–H groups in total. The zero-order chi connectivity index (χ0) is 18.6. The third-order valence-electron chi connectivity index (χ3n) is 3.32. The first-order chi connectivity index (χ1) is 9.43. The number of rotatable bonds is 4. The maximum absolute atomic E-state index is 11.8. The Morgan fingerprint density at radius 1 is 0.870 bits per heavy atom. The van der Waals surface area contributed by atoms with Crippen LogP contribution in [0.3, 0.4) is 0 Å². The molecule has 2 nitrogen and oxygen atoms in total. The Labute approximate surface area is 170 Å². The summed E-state index contributed by atoms with van der Waals surface area (Å²) < 4.78 is 11.8. The van der Waals surface area contributed by atoms with Crippen molar-refractivity contribution in [3.8, 4) is 0 Å². The van der Waals surface area contributed by atoms with Crippen LogP contribution in [0.2, 0.25) is 0 Å². The number of hydrogen-bond acceptors (Lipinski definition) is 2. The summed E-state index contributed by atoms with van der Waals surface area (Å²) in [4.78, 5) is 9.93. The van der Waals surface area contributed by atoms with Crippen molar-refractivity contribution in [2.75, 3.05) is 11.8 Å². The van der Waals surface area contributed by atoms with Crippen molar-refractivity contribution < 1.29 is 29.9 Å². The molecule has 2 unspecified atom stereocenters. The van der Waals surface area contributed by atoms with Gasteiger partial charge < -0.3 is 4.57 Å². The summed E-state index contributed by atoms with van der Waals surface area (Å²) >= 11 is 11.5. The molecule has 0 aromatic rings. The van der Waals surface area contributed by atoms with Crippen LogP contribution < -0.4 is 0 Å². The summed E-state index contributed by atoms with van der Waals surface area (Å²) in [6.45, 7) is 20.2. The molecule has 0 fully saturated rings. The van der Waals surface area contributed by atoms with E-state index in [9.17, 15) is 9.46 Å². The van der Waals surface area contributed by atoms with Gasteiger partial charge in [-0.1, -0.05) is 34.6 Å². The van der Waals surface area contributed by atoms with E-state index < -0.39 is 15.9 Å². The van der Waals surface area contributed by atoms with Gasteiger partial charge in [-0.2, -0.15) is 0 Å². The van der Waals surface area contributed by atoms with E-state index in [2.05, 4.69) is 20.8 Å². The van der Waals surface area contributed by atoms with E-state index in [1.54, 1.807) is 0 Å². The summed E-state index contributed by atoms with van der Waals surface area (Å²) in [6, 6.07) is 0. The van der Waals surface area contributed by atoms with E-state index in [-0.39, 0.29) is 41.0 Å². The Morgan fingerprint density at radius 3 is 1.30 bits per heavy atom. The molecule has 0 heterocycles. The van der Waals surface area contributed by atoms with Crippen molar-refractivity contribution in [3.63, 3.8) is 0 Å². The minimum absolute atomic E-state index is 0. The van der Waals surface area contributed by atoms with Gasteiger partial charge in [-0.25, -0.2) is 0 Å². The van der Waals surface area contributed by atoms with Crippen LogP contribution in [-0.2, 0) is 25.0 Å². The summed E-state index contributed by atoms with van der Waals surface area (Å²) in [5.74, 6) is 1.01. The molecule has 0 rings (SSSR count). The smallest absolute Gasteiger partial charge is 0.141 e. The topological polar surface area (TPSA) is 37.3 Å². The zero-order valence-electron chi connectivity index (χ0n) is 16.3. The first kappa shape index (κ1) is 29.6. The maximum atomic E-state index is 11.8. The molecule has 0 aliphatic rings. The van der Waals surface area contributed by atoms with Gasteiger partial charge in [0, 0.05) is 36.6 Å². The van der Waals surface area contributed by atoms with E-state index >= 15 is 0 Å². The molecular weight excluding hydrogens is 463 g/mol. The third-order valence-corrected chi connectivity index (χ3v) is 10.7. The molecule has 0 bridgehead atoms. The molecule has 146 valence electrons. The number of halogens is 2. The fraction of sp³-hybridized carbons (Fsp3) is 1.00. The Balaban J connectivity index is -0.000000333. The molecule has 0 spiro atoms. The Hall–Kier alpha value is 1.86. The van der Waals surface area contributed by atoms with Gasteiger partial charge in [0.2, 0.25) is 0 Å². The predicted molar refractivity (Wildman–Crippen MR) is 109 cm³/mol. The summed E-state index contributed by atoms with van der Waals surface area (Å²) in [5, 5.41) is -0.374. The second-order valence-corrected chi connectivity index (χ2v) is 16.8. The number of hydrogen-bond donors (Lipinski definition) is 1. The second-order valence-electron chi connectivity index (χ2n) is 9.21. The van der Waals surface area contributed by atoms with Gasteiger partial charge in [0.1, 0.15) is 13.3 Å². The Morgan fingerprint density at radius 2 is 1.22 bits per heavy atom. The maximum Gasteiger partial charge on any atom is 0.141 e. The van der Waals surface area contributed by atoms with Gasteiger partial charge in [0.25, 0.3) is 0 Å². The quantitative estimate of drug-likeness (QED) is 0.280. The standard InChI is InChI=1S/2C8H18ClOP.Pd/c2*1-7(2,3)11(10)8(4,5)6-9;/h11H,6H2,1-5H3;10H,6H2,1-5H3;/p+1. The molecule has 0 aromatic heterocycles. The molecule has 0 aliphatic heterocycles. The Bertz CT molecular complexity index is 362. The van der Waals surface area contributed by atoms with E-state index in [1.807, 2.05) is 48.5 Å². The van der Waals surface area contributed by atoms with Gasteiger partial charge >= 0.3 is 0 Å². The summed E-state index contributed by atoms with van der Waals surface area (Å²) in [7, 11) is -2.98. The van der Waals surface area contributed by atoms with Gasteiger partial charge in [-0.3, -0.25) is 4.89 Å². The normalized spacial score (nSPS) is 15.9. The van der Waals surface area contributed by atoms with Crippen LogP contribution in [0.4, 0.5) is 0 Å². The van der Waals surface area contributed by atoms with Crippen molar-refractivity contribution in [3.05, 3.63) is 0 Å². The van der Waals surface area contributed by atoms with Crippen LogP contribution in [-0.4, -0.2) is 37.3 Å². The fourth-order valence-electron chi connectivity index (χ4n) is 2.15. The monoisotopic (exact) mass is 499 g/mol. The molecule has 7 heteroatoms.